The van der Waals surface area contributed by atoms with E-state index in [4.69, 9.17) is 28.9 Å². The van der Waals surface area contributed by atoms with E-state index in [1.165, 1.54) is 24.8 Å². The van der Waals surface area contributed by atoms with Crippen molar-refractivity contribution in [3.8, 4) is 0 Å². The van der Waals surface area contributed by atoms with Crippen LogP contribution in [0.15, 0.2) is 18.2 Å². The highest BCUT2D eigenvalue weighted by Crippen LogP contribution is 2.39. The van der Waals surface area contributed by atoms with Gasteiger partial charge in [0.05, 0.1) is 10.0 Å². The number of hydrogen-bond donors (Lipinski definition) is 1. The third-order valence-electron chi connectivity index (χ3n) is 4.91. The molecule has 3 atom stereocenters. The summed E-state index contributed by atoms with van der Waals surface area (Å²) >= 11 is 12.1. The van der Waals surface area contributed by atoms with E-state index in [1.54, 1.807) is 0 Å². The maximum absolute atomic E-state index is 6.12. The lowest BCUT2D eigenvalue weighted by molar-refractivity contribution is 0.151. The van der Waals surface area contributed by atoms with Crippen molar-refractivity contribution in [1.29, 1.82) is 0 Å². The smallest absolute Gasteiger partial charge is 0.0595 e. The van der Waals surface area contributed by atoms with Crippen molar-refractivity contribution in [1.82, 2.24) is 0 Å². The van der Waals surface area contributed by atoms with Gasteiger partial charge in [-0.2, -0.15) is 0 Å². The van der Waals surface area contributed by atoms with Crippen molar-refractivity contribution in [2.75, 3.05) is 6.54 Å². The zero-order valence-corrected chi connectivity index (χ0v) is 13.9. The van der Waals surface area contributed by atoms with Crippen molar-refractivity contribution < 1.29 is 0 Å². The van der Waals surface area contributed by atoms with E-state index in [-0.39, 0.29) is 0 Å². The van der Waals surface area contributed by atoms with Crippen LogP contribution < -0.4 is 5.73 Å². The molecule has 1 aromatic rings. The van der Waals surface area contributed by atoms with Gasteiger partial charge < -0.3 is 5.73 Å². The largest absolute Gasteiger partial charge is 0.330 e. The van der Waals surface area contributed by atoms with Gasteiger partial charge in [0.15, 0.2) is 0 Å². The molecular weight excluding hydrogens is 289 g/mol. The first-order valence-corrected chi connectivity index (χ1v) is 8.40. The van der Waals surface area contributed by atoms with Gasteiger partial charge in [0.1, 0.15) is 0 Å². The van der Waals surface area contributed by atoms with E-state index in [0.29, 0.717) is 21.9 Å². The first-order valence-electron chi connectivity index (χ1n) is 7.65. The molecule has 0 heterocycles. The van der Waals surface area contributed by atoms with Gasteiger partial charge in [0, 0.05) is 0 Å². The average Bonchev–Trinajstić information content (AvgIpc) is 2.42. The fourth-order valence-corrected chi connectivity index (χ4v) is 3.82. The van der Waals surface area contributed by atoms with Crippen LogP contribution in [0.1, 0.15) is 38.7 Å². The number of benzene rings is 1. The predicted molar refractivity (Wildman–Crippen MR) is 88.4 cm³/mol. The predicted octanol–water partition coefficient (Wildman–Crippen LogP) is 5.18. The molecule has 1 saturated carbocycles. The topological polar surface area (TPSA) is 26.0 Å². The van der Waals surface area contributed by atoms with Crippen LogP contribution in [-0.2, 0) is 6.42 Å². The molecule has 0 amide bonds. The fourth-order valence-electron chi connectivity index (χ4n) is 3.50. The first-order chi connectivity index (χ1) is 9.51. The van der Waals surface area contributed by atoms with Crippen molar-refractivity contribution in [2.24, 2.45) is 29.4 Å². The summed E-state index contributed by atoms with van der Waals surface area (Å²) < 4.78 is 0. The summed E-state index contributed by atoms with van der Waals surface area (Å²) in [6.07, 6.45) is 4.96. The van der Waals surface area contributed by atoms with E-state index >= 15 is 0 Å². The number of nitrogens with two attached hydrogens (primary N) is 1. The molecule has 3 unspecified atom stereocenters. The lowest BCUT2D eigenvalue weighted by atomic mass is 9.69. The molecule has 0 bridgehead atoms. The average molecular weight is 314 g/mol. The molecule has 112 valence electrons. The third-order valence-corrected chi connectivity index (χ3v) is 5.65. The van der Waals surface area contributed by atoms with Gasteiger partial charge in [-0.25, -0.2) is 0 Å². The van der Waals surface area contributed by atoms with Gasteiger partial charge in [0.2, 0.25) is 0 Å². The van der Waals surface area contributed by atoms with E-state index < -0.39 is 0 Å². The van der Waals surface area contributed by atoms with Gasteiger partial charge in [-0.15, -0.1) is 0 Å². The molecule has 1 aromatic carbocycles. The molecule has 0 radical (unpaired) electrons. The van der Waals surface area contributed by atoms with Crippen LogP contribution in [0.4, 0.5) is 0 Å². The summed E-state index contributed by atoms with van der Waals surface area (Å²) in [4.78, 5) is 0. The highest BCUT2D eigenvalue weighted by molar-refractivity contribution is 6.42. The third kappa shape index (κ3) is 3.90. The molecule has 2 N–H and O–H groups in total. The minimum Gasteiger partial charge on any atom is -0.330 e. The summed E-state index contributed by atoms with van der Waals surface area (Å²) in [6, 6.07) is 6.01. The van der Waals surface area contributed by atoms with Crippen molar-refractivity contribution >= 4 is 23.2 Å². The quantitative estimate of drug-likeness (QED) is 0.814. The Bertz CT molecular complexity index is 445. The van der Waals surface area contributed by atoms with E-state index in [0.717, 1.165) is 24.8 Å². The van der Waals surface area contributed by atoms with Crippen LogP contribution in [0.25, 0.3) is 0 Å². The molecule has 20 heavy (non-hydrogen) atoms. The van der Waals surface area contributed by atoms with Crippen LogP contribution in [-0.4, -0.2) is 6.54 Å². The Morgan fingerprint density at radius 2 is 1.90 bits per heavy atom. The fraction of sp³-hybridized carbons (Fsp3) is 0.647. The van der Waals surface area contributed by atoms with Crippen LogP contribution >= 0.6 is 23.2 Å². The highest BCUT2D eigenvalue weighted by atomic mass is 35.5. The molecule has 1 nitrogen and oxygen atoms in total. The highest BCUT2D eigenvalue weighted by Gasteiger charge is 2.31. The summed E-state index contributed by atoms with van der Waals surface area (Å²) in [6.45, 7) is 5.48. The maximum atomic E-state index is 6.12. The molecular formula is C17H25Cl2N. The van der Waals surface area contributed by atoms with E-state index in [9.17, 15) is 0 Å². The molecule has 1 aliphatic rings. The van der Waals surface area contributed by atoms with Crippen LogP contribution in [0.5, 0.6) is 0 Å². The van der Waals surface area contributed by atoms with Gasteiger partial charge in [-0.3, -0.25) is 0 Å². The summed E-state index contributed by atoms with van der Waals surface area (Å²) in [5.74, 6) is 2.94. The molecule has 2 rings (SSSR count). The second-order valence-corrected chi connectivity index (χ2v) is 7.34. The summed E-state index contributed by atoms with van der Waals surface area (Å²) in [7, 11) is 0. The zero-order chi connectivity index (χ0) is 14.7. The minimum atomic E-state index is 0.634. The molecule has 1 aliphatic carbocycles. The maximum Gasteiger partial charge on any atom is 0.0595 e. The Morgan fingerprint density at radius 1 is 1.15 bits per heavy atom. The zero-order valence-electron chi connectivity index (χ0n) is 12.4. The van der Waals surface area contributed by atoms with E-state index in [1.807, 2.05) is 12.1 Å². The molecule has 1 fully saturated rings. The minimum absolute atomic E-state index is 0.634. The van der Waals surface area contributed by atoms with Crippen molar-refractivity contribution in [3.05, 3.63) is 33.8 Å². The second-order valence-electron chi connectivity index (χ2n) is 6.53. The number of halogens is 2. The van der Waals surface area contributed by atoms with E-state index in [2.05, 4.69) is 19.9 Å². The standard InChI is InChI=1S/C17H25Cl2N/c1-11(2)13-4-5-14(10-20)15(9-13)7-12-3-6-16(18)17(19)8-12/h3,6,8,11,13-15H,4-5,7,9-10,20H2,1-2H3. The Morgan fingerprint density at radius 3 is 2.50 bits per heavy atom. The number of hydrogen-bond acceptors (Lipinski definition) is 1. The van der Waals surface area contributed by atoms with Crippen LogP contribution in [0, 0.1) is 23.7 Å². The monoisotopic (exact) mass is 313 g/mol. The molecule has 3 heteroatoms. The van der Waals surface area contributed by atoms with Gasteiger partial charge >= 0.3 is 0 Å². The molecule has 0 aromatic heterocycles. The van der Waals surface area contributed by atoms with Gasteiger partial charge in [0.25, 0.3) is 0 Å². The lowest BCUT2D eigenvalue weighted by Crippen LogP contribution is -2.33. The molecule has 0 saturated heterocycles. The number of rotatable bonds is 4. The Kier molecular flexibility index (Phi) is 5.77. The van der Waals surface area contributed by atoms with Gasteiger partial charge in [-0.05, 0) is 73.6 Å². The van der Waals surface area contributed by atoms with Crippen molar-refractivity contribution in [3.63, 3.8) is 0 Å². The second kappa shape index (κ2) is 7.15. The lowest BCUT2D eigenvalue weighted by Gasteiger charge is -2.37. The Hall–Kier alpha value is -0.240. The SMILES string of the molecule is CC(C)C1CCC(CN)C(Cc2ccc(Cl)c(Cl)c2)C1. The Balaban J connectivity index is 2.09. The van der Waals surface area contributed by atoms with Crippen LogP contribution in [0.3, 0.4) is 0 Å². The summed E-state index contributed by atoms with van der Waals surface area (Å²) in [5, 5.41) is 1.29. The van der Waals surface area contributed by atoms with Crippen molar-refractivity contribution in [2.45, 2.75) is 39.5 Å². The molecule has 0 aliphatic heterocycles. The van der Waals surface area contributed by atoms with Gasteiger partial charge in [-0.1, -0.05) is 43.1 Å². The molecule has 0 spiro atoms. The normalized spacial score (nSPS) is 27.0. The van der Waals surface area contributed by atoms with Crippen LogP contribution in [0.2, 0.25) is 10.0 Å². The first kappa shape index (κ1) is 16.1. The Labute approximate surface area is 132 Å². The summed E-state index contributed by atoms with van der Waals surface area (Å²) in [5.41, 5.74) is 7.26.